The molecule has 5 heteroatoms. The van der Waals surface area contributed by atoms with Crippen molar-refractivity contribution < 1.29 is 9.53 Å². The molecule has 1 aliphatic carbocycles. The molecule has 22 heavy (non-hydrogen) atoms. The molecule has 1 aromatic rings. The van der Waals surface area contributed by atoms with Crippen LogP contribution in [0.5, 0.6) is 0 Å². The van der Waals surface area contributed by atoms with Crippen LogP contribution in [0.25, 0.3) is 0 Å². The van der Waals surface area contributed by atoms with Gasteiger partial charge < -0.3 is 15.8 Å². The van der Waals surface area contributed by atoms with Crippen molar-refractivity contribution in [2.45, 2.75) is 38.1 Å². The summed E-state index contributed by atoms with van der Waals surface area (Å²) in [5.74, 6) is 0.713. The third-order valence-corrected chi connectivity index (χ3v) is 3.86. The second-order valence-corrected chi connectivity index (χ2v) is 5.70. The number of hydrogen-bond donors (Lipinski definition) is 2. The highest BCUT2D eigenvalue weighted by Gasteiger charge is 2.30. The zero-order valence-corrected chi connectivity index (χ0v) is 13.8. The van der Waals surface area contributed by atoms with Crippen LogP contribution < -0.4 is 11.1 Å². The second kappa shape index (κ2) is 10.6. The molecule has 3 N–H and O–H groups in total. The van der Waals surface area contributed by atoms with Crippen molar-refractivity contribution in [2.24, 2.45) is 11.7 Å². The van der Waals surface area contributed by atoms with Gasteiger partial charge in [-0.1, -0.05) is 30.3 Å². The molecule has 1 amide bonds. The van der Waals surface area contributed by atoms with E-state index in [-0.39, 0.29) is 24.4 Å². The fraction of sp³-hybridized carbons (Fsp3) is 0.588. The van der Waals surface area contributed by atoms with E-state index in [4.69, 9.17) is 10.5 Å². The summed E-state index contributed by atoms with van der Waals surface area (Å²) in [5.41, 5.74) is 6.96. The van der Waals surface area contributed by atoms with Gasteiger partial charge in [0.15, 0.2) is 0 Å². The molecule has 0 aliphatic heterocycles. The summed E-state index contributed by atoms with van der Waals surface area (Å²) in [4.78, 5) is 11.8. The van der Waals surface area contributed by atoms with Crippen LogP contribution in [-0.4, -0.2) is 31.7 Å². The Bertz CT molecular complexity index is 424. The minimum Gasteiger partial charge on any atom is -0.381 e. The molecule has 0 bridgehead atoms. The van der Waals surface area contributed by atoms with Crippen molar-refractivity contribution >= 4 is 18.3 Å². The summed E-state index contributed by atoms with van der Waals surface area (Å²) < 4.78 is 5.57. The molecule has 124 valence electrons. The first-order valence-electron chi connectivity index (χ1n) is 7.90. The van der Waals surface area contributed by atoms with Gasteiger partial charge >= 0.3 is 0 Å². The predicted octanol–water partition coefficient (Wildman–Crippen LogP) is 2.30. The van der Waals surface area contributed by atoms with Crippen LogP contribution in [0.1, 0.15) is 31.2 Å². The van der Waals surface area contributed by atoms with E-state index in [1.54, 1.807) is 0 Å². The number of benzene rings is 1. The van der Waals surface area contributed by atoms with Gasteiger partial charge in [0.05, 0.1) is 6.61 Å². The van der Waals surface area contributed by atoms with Gasteiger partial charge in [-0.3, -0.25) is 4.79 Å². The van der Waals surface area contributed by atoms with E-state index in [1.807, 2.05) is 18.2 Å². The maximum absolute atomic E-state index is 11.8. The minimum absolute atomic E-state index is 0. The van der Waals surface area contributed by atoms with Gasteiger partial charge in [0.25, 0.3) is 0 Å². The van der Waals surface area contributed by atoms with Crippen LogP contribution in [0.4, 0.5) is 0 Å². The highest BCUT2D eigenvalue weighted by molar-refractivity contribution is 5.85. The van der Waals surface area contributed by atoms with Crippen molar-refractivity contribution in [1.82, 2.24) is 5.32 Å². The lowest BCUT2D eigenvalue weighted by Gasteiger charge is -2.15. The van der Waals surface area contributed by atoms with Crippen LogP contribution in [0.2, 0.25) is 0 Å². The zero-order valence-electron chi connectivity index (χ0n) is 13.0. The number of halogens is 1. The maximum atomic E-state index is 11.8. The highest BCUT2D eigenvalue weighted by atomic mass is 35.5. The Balaban J connectivity index is 0.00000242. The van der Waals surface area contributed by atoms with E-state index >= 15 is 0 Å². The van der Waals surface area contributed by atoms with Gasteiger partial charge in [-0.2, -0.15) is 0 Å². The molecular formula is C17H27ClN2O2. The minimum atomic E-state index is 0. The Kier molecular flexibility index (Phi) is 9.13. The van der Waals surface area contributed by atoms with Crippen LogP contribution in [0, 0.1) is 5.92 Å². The Hall–Kier alpha value is -1.10. The standard InChI is InChI=1S/C17H26N2O2.ClH/c18-13-16(15-8-9-15)19-17(20)7-4-11-21-12-10-14-5-2-1-3-6-14;/h1-3,5-6,15-16H,4,7-13,18H2,(H,19,20);1H. The topological polar surface area (TPSA) is 64.3 Å². The number of nitrogens with two attached hydrogens (primary N) is 1. The average Bonchev–Trinajstić information content (AvgIpc) is 3.34. The second-order valence-electron chi connectivity index (χ2n) is 5.70. The number of rotatable bonds is 10. The van der Waals surface area contributed by atoms with Crippen molar-refractivity contribution in [3.63, 3.8) is 0 Å². The number of amides is 1. The van der Waals surface area contributed by atoms with Crippen LogP contribution in [-0.2, 0) is 16.0 Å². The van der Waals surface area contributed by atoms with Crippen molar-refractivity contribution in [1.29, 1.82) is 0 Å². The fourth-order valence-electron chi connectivity index (χ4n) is 2.42. The van der Waals surface area contributed by atoms with E-state index in [9.17, 15) is 4.79 Å². The monoisotopic (exact) mass is 326 g/mol. The molecule has 0 heterocycles. The van der Waals surface area contributed by atoms with Gasteiger partial charge in [0.1, 0.15) is 0 Å². The van der Waals surface area contributed by atoms with Crippen LogP contribution >= 0.6 is 12.4 Å². The lowest BCUT2D eigenvalue weighted by atomic mass is 10.1. The molecule has 1 unspecified atom stereocenters. The first kappa shape index (κ1) is 18.9. The predicted molar refractivity (Wildman–Crippen MR) is 91.2 cm³/mol. The van der Waals surface area contributed by atoms with Gasteiger partial charge in [-0.05, 0) is 37.2 Å². The third kappa shape index (κ3) is 7.25. The van der Waals surface area contributed by atoms with E-state index in [1.165, 1.54) is 18.4 Å². The number of hydrogen-bond acceptors (Lipinski definition) is 3. The Morgan fingerprint density at radius 2 is 2.00 bits per heavy atom. The molecule has 1 atom stereocenters. The third-order valence-electron chi connectivity index (χ3n) is 3.86. The molecule has 2 rings (SSSR count). The summed E-state index contributed by atoms with van der Waals surface area (Å²) in [7, 11) is 0. The Morgan fingerprint density at radius 3 is 2.64 bits per heavy atom. The Labute approximate surface area is 139 Å². The zero-order chi connectivity index (χ0) is 14.9. The lowest BCUT2D eigenvalue weighted by molar-refractivity contribution is -0.122. The first-order chi connectivity index (χ1) is 10.3. The highest BCUT2D eigenvalue weighted by Crippen LogP contribution is 2.32. The lowest BCUT2D eigenvalue weighted by Crippen LogP contribution is -2.41. The maximum Gasteiger partial charge on any atom is 0.220 e. The van der Waals surface area contributed by atoms with Gasteiger partial charge in [0.2, 0.25) is 5.91 Å². The average molecular weight is 327 g/mol. The van der Waals surface area contributed by atoms with Gasteiger partial charge in [0, 0.05) is 25.6 Å². The summed E-state index contributed by atoms with van der Waals surface area (Å²) in [6.45, 7) is 1.89. The van der Waals surface area contributed by atoms with Crippen LogP contribution in [0.3, 0.4) is 0 Å². The smallest absolute Gasteiger partial charge is 0.220 e. The Morgan fingerprint density at radius 1 is 1.27 bits per heavy atom. The van der Waals surface area contributed by atoms with Gasteiger partial charge in [-0.15, -0.1) is 12.4 Å². The SMILES string of the molecule is Cl.NCC(NC(=O)CCCOCCc1ccccc1)C1CC1. The summed E-state index contributed by atoms with van der Waals surface area (Å²) in [6.07, 6.45) is 4.61. The number of nitrogens with one attached hydrogen (secondary N) is 1. The largest absolute Gasteiger partial charge is 0.381 e. The summed E-state index contributed by atoms with van der Waals surface area (Å²) in [5, 5.41) is 3.03. The first-order valence-corrected chi connectivity index (χ1v) is 7.90. The van der Waals surface area contributed by atoms with E-state index in [0.717, 1.165) is 12.8 Å². The van der Waals surface area contributed by atoms with Crippen molar-refractivity contribution in [3.8, 4) is 0 Å². The molecule has 1 saturated carbocycles. The summed E-state index contributed by atoms with van der Waals surface area (Å²) >= 11 is 0. The molecular weight excluding hydrogens is 300 g/mol. The number of carbonyl (C=O) groups excluding carboxylic acids is 1. The van der Waals surface area contributed by atoms with Crippen molar-refractivity contribution in [2.75, 3.05) is 19.8 Å². The molecule has 1 fully saturated rings. The number of ether oxygens (including phenoxy) is 1. The van der Waals surface area contributed by atoms with E-state index < -0.39 is 0 Å². The molecule has 1 aromatic carbocycles. The molecule has 4 nitrogen and oxygen atoms in total. The fourth-order valence-corrected chi connectivity index (χ4v) is 2.42. The molecule has 0 radical (unpaired) electrons. The number of carbonyl (C=O) groups is 1. The summed E-state index contributed by atoms with van der Waals surface area (Å²) in [6, 6.07) is 10.5. The molecule has 0 saturated heterocycles. The quantitative estimate of drug-likeness (QED) is 0.648. The van der Waals surface area contributed by atoms with Crippen molar-refractivity contribution in [3.05, 3.63) is 35.9 Å². The normalized spacial score (nSPS) is 15.0. The molecule has 0 spiro atoms. The van der Waals surface area contributed by atoms with Crippen LogP contribution in [0.15, 0.2) is 30.3 Å². The molecule has 0 aromatic heterocycles. The van der Waals surface area contributed by atoms with E-state index in [0.29, 0.717) is 32.1 Å². The van der Waals surface area contributed by atoms with E-state index in [2.05, 4.69) is 17.4 Å². The molecule has 1 aliphatic rings. The van der Waals surface area contributed by atoms with Gasteiger partial charge in [-0.25, -0.2) is 0 Å².